The first kappa shape index (κ1) is 15.8. The maximum absolute atomic E-state index is 12.5. The van der Waals surface area contributed by atoms with Crippen LogP contribution in [-0.2, 0) is 4.79 Å². The van der Waals surface area contributed by atoms with Crippen LogP contribution in [0.5, 0.6) is 0 Å². The van der Waals surface area contributed by atoms with E-state index < -0.39 is 0 Å². The first-order valence-corrected chi connectivity index (χ1v) is 8.25. The second kappa shape index (κ2) is 7.43. The van der Waals surface area contributed by atoms with Crippen molar-refractivity contribution in [3.05, 3.63) is 27.7 Å². The van der Waals surface area contributed by atoms with Crippen LogP contribution in [0.2, 0.25) is 5.02 Å². The summed E-state index contributed by atoms with van der Waals surface area (Å²) in [6.45, 7) is 4.71. The molecule has 0 spiro atoms. The van der Waals surface area contributed by atoms with E-state index in [1.165, 1.54) is 0 Å². The number of benzene rings is 1. The van der Waals surface area contributed by atoms with Crippen LogP contribution in [0, 0.1) is 5.92 Å². The Hall–Kier alpha value is -0.580. The van der Waals surface area contributed by atoms with Crippen LogP contribution >= 0.6 is 27.5 Å². The van der Waals surface area contributed by atoms with Gasteiger partial charge in [0.15, 0.2) is 0 Å². The van der Waals surface area contributed by atoms with Crippen LogP contribution in [0.4, 0.5) is 5.69 Å². The van der Waals surface area contributed by atoms with Crippen molar-refractivity contribution in [2.45, 2.75) is 26.2 Å². The Kier molecular flexibility index (Phi) is 5.87. The van der Waals surface area contributed by atoms with E-state index in [1.54, 1.807) is 0 Å². The SMILES string of the molecule is CCN(C(=O)CC1CCNCC1)c1ccc(Br)c(Cl)c1. The third kappa shape index (κ3) is 3.96. The number of nitrogens with zero attached hydrogens (tertiary/aromatic N) is 1. The third-order valence-electron chi connectivity index (χ3n) is 3.75. The quantitative estimate of drug-likeness (QED) is 0.885. The molecule has 0 saturated carbocycles. The van der Waals surface area contributed by atoms with Crippen LogP contribution < -0.4 is 10.2 Å². The minimum absolute atomic E-state index is 0.192. The topological polar surface area (TPSA) is 32.3 Å². The molecule has 1 saturated heterocycles. The van der Waals surface area contributed by atoms with E-state index in [0.717, 1.165) is 36.1 Å². The molecule has 1 fully saturated rings. The molecule has 0 unspecified atom stereocenters. The van der Waals surface area contributed by atoms with Crippen molar-refractivity contribution >= 4 is 39.1 Å². The Balaban J connectivity index is 2.06. The molecule has 1 aromatic carbocycles. The minimum Gasteiger partial charge on any atom is -0.317 e. The van der Waals surface area contributed by atoms with Gasteiger partial charge in [-0.25, -0.2) is 0 Å². The van der Waals surface area contributed by atoms with E-state index in [0.29, 0.717) is 23.9 Å². The molecular weight excluding hydrogens is 340 g/mol. The summed E-state index contributed by atoms with van der Waals surface area (Å²) in [5, 5.41) is 3.96. The number of hydrogen-bond donors (Lipinski definition) is 1. The van der Waals surface area contributed by atoms with Crippen molar-refractivity contribution in [2.24, 2.45) is 5.92 Å². The minimum atomic E-state index is 0.192. The number of anilines is 1. The highest BCUT2D eigenvalue weighted by atomic mass is 79.9. The fraction of sp³-hybridized carbons (Fsp3) is 0.533. The van der Waals surface area contributed by atoms with Gasteiger partial charge in [0.25, 0.3) is 0 Å². The van der Waals surface area contributed by atoms with Gasteiger partial charge in [-0.15, -0.1) is 0 Å². The summed E-state index contributed by atoms with van der Waals surface area (Å²) >= 11 is 9.49. The second-order valence-corrected chi connectivity index (χ2v) is 6.40. The molecule has 1 amide bonds. The number of amides is 1. The highest BCUT2D eigenvalue weighted by Gasteiger charge is 2.21. The molecular formula is C15H20BrClN2O. The molecule has 1 aliphatic heterocycles. The Labute approximate surface area is 133 Å². The Morgan fingerprint density at radius 2 is 2.15 bits per heavy atom. The average Bonchev–Trinajstić information content (AvgIpc) is 2.44. The van der Waals surface area contributed by atoms with Gasteiger partial charge in [0, 0.05) is 23.1 Å². The Morgan fingerprint density at radius 1 is 1.45 bits per heavy atom. The number of halogens is 2. The molecule has 1 heterocycles. The summed E-state index contributed by atoms with van der Waals surface area (Å²) in [6, 6.07) is 5.66. The largest absolute Gasteiger partial charge is 0.317 e. The number of hydrogen-bond acceptors (Lipinski definition) is 2. The van der Waals surface area contributed by atoms with E-state index in [2.05, 4.69) is 21.2 Å². The second-order valence-electron chi connectivity index (χ2n) is 5.13. The number of carbonyl (C=O) groups excluding carboxylic acids is 1. The summed E-state index contributed by atoms with van der Waals surface area (Å²) in [5.41, 5.74) is 0.875. The average molecular weight is 360 g/mol. The zero-order valence-corrected chi connectivity index (χ0v) is 14.0. The molecule has 0 atom stereocenters. The molecule has 1 N–H and O–H groups in total. The van der Waals surface area contributed by atoms with Gasteiger partial charge < -0.3 is 10.2 Å². The van der Waals surface area contributed by atoms with Crippen LogP contribution in [-0.4, -0.2) is 25.5 Å². The van der Waals surface area contributed by atoms with Crippen molar-refractivity contribution in [1.82, 2.24) is 5.32 Å². The van der Waals surface area contributed by atoms with E-state index in [9.17, 15) is 4.79 Å². The lowest BCUT2D eigenvalue weighted by Gasteiger charge is -2.26. The van der Waals surface area contributed by atoms with Crippen LogP contribution in [0.25, 0.3) is 0 Å². The lowest BCUT2D eigenvalue weighted by atomic mass is 9.94. The van der Waals surface area contributed by atoms with E-state index >= 15 is 0 Å². The summed E-state index contributed by atoms with van der Waals surface area (Å²) < 4.78 is 0.852. The van der Waals surface area contributed by atoms with Crippen molar-refractivity contribution in [3.8, 4) is 0 Å². The van der Waals surface area contributed by atoms with Gasteiger partial charge in [-0.05, 0) is 72.9 Å². The highest BCUT2D eigenvalue weighted by molar-refractivity contribution is 9.10. The summed E-state index contributed by atoms with van der Waals surface area (Å²) in [5.74, 6) is 0.696. The molecule has 1 aliphatic rings. The number of nitrogens with one attached hydrogen (secondary N) is 1. The fourth-order valence-electron chi connectivity index (χ4n) is 2.60. The standard InChI is InChI=1S/C15H20BrClN2O/c1-2-19(12-3-4-13(16)14(17)10-12)15(20)9-11-5-7-18-8-6-11/h3-4,10-11,18H,2,5-9H2,1H3. The fourth-order valence-corrected chi connectivity index (χ4v) is 3.02. The molecule has 2 rings (SSSR count). The van der Waals surface area contributed by atoms with Crippen molar-refractivity contribution in [1.29, 1.82) is 0 Å². The molecule has 3 nitrogen and oxygen atoms in total. The zero-order chi connectivity index (χ0) is 14.5. The van der Waals surface area contributed by atoms with Gasteiger partial charge in [0.1, 0.15) is 0 Å². The van der Waals surface area contributed by atoms with Gasteiger partial charge in [-0.3, -0.25) is 4.79 Å². The summed E-state index contributed by atoms with van der Waals surface area (Å²) in [7, 11) is 0. The molecule has 20 heavy (non-hydrogen) atoms. The van der Waals surface area contributed by atoms with Gasteiger partial charge in [0.2, 0.25) is 5.91 Å². The Morgan fingerprint density at radius 3 is 2.75 bits per heavy atom. The Bertz CT molecular complexity index is 475. The van der Waals surface area contributed by atoms with Gasteiger partial charge in [-0.2, -0.15) is 0 Å². The predicted octanol–water partition coefficient (Wildman–Crippen LogP) is 3.85. The molecule has 1 aromatic rings. The van der Waals surface area contributed by atoms with Gasteiger partial charge in [-0.1, -0.05) is 11.6 Å². The zero-order valence-electron chi connectivity index (χ0n) is 11.7. The van der Waals surface area contributed by atoms with E-state index in [1.807, 2.05) is 30.0 Å². The van der Waals surface area contributed by atoms with Gasteiger partial charge in [0.05, 0.1) is 5.02 Å². The maximum atomic E-state index is 12.5. The third-order valence-corrected chi connectivity index (χ3v) is 4.99. The molecule has 5 heteroatoms. The van der Waals surface area contributed by atoms with Gasteiger partial charge >= 0.3 is 0 Å². The summed E-state index contributed by atoms with van der Waals surface area (Å²) in [4.78, 5) is 14.3. The molecule has 110 valence electrons. The highest BCUT2D eigenvalue weighted by Crippen LogP contribution is 2.28. The normalized spacial score (nSPS) is 16.1. The van der Waals surface area contributed by atoms with Crippen molar-refractivity contribution in [2.75, 3.05) is 24.5 Å². The number of rotatable bonds is 4. The molecule has 0 radical (unpaired) electrons. The first-order chi connectivity index (χ1) is 9.61. The number of carbonyl (C=O) groups is 1. The van der Waals surface area contributed by atoms with Crippen molar-refractivity contribution in [3.63, 3.8) is 0 Å². The molecule has 0 bridgehead atoms. The monoisotopic (exact) mass is 358 g/mol. The lowest BCUT2D eigenvalue weighted by molar-refractivity contribution is -0.119. The molecule has 0 aromatic heterocycles. The van der Waals surface area contributed by atoms with Crippen molar-refractivity contribution < 1.29 is 4.79 Å². The smallest absolute Gasteiger partial charge is 0.227 e. The first-order valence-electron chi connectivity index (χ1n) is 7.08. The van der Waals surface area contributed by atoms with Crippen LogP contribution in [0.1, 0.15) is 26.2 Å². The van der Waals surface area contributed by atoms with E-state index in [4.69, 9.17) is 11.6 Å². The molecule has 0 aliphatic carbocycles. The predicted molar refractivity (Wildman–Crippen MR) is 87.4 cm³/mol. The van der Waals surface area contributed by atoms with Crippen LogP contribution in [0.15, 0.2) is 22.7 Å². The van der Waals surface area contributed by atoms with Crippen LogP contribution in [0.3, 0.4) is 0 Å². The summed E-state index contributed by atoms with van der Waals surface area (Å²) in [6.07, 6.45) is 2.80. The lowest BCUT2D eigenvalue weighted by Crippen LogP contribution is -2.35. The maximum Gasteiger partial charge on any atom is 0.227 e. The number of piperidine rings is 1. The van der Waals surface area contributed by atoms with E-state index in [-0.39, 0.29) is 5.91 Å².